The standard InChI is InChI=1S/C25H38N6O/c1-4-27-25(30-14-10-20(2)24(18-30)31-15-11-26-19-31)28-17-23(29-12-5-6-13-29)21-8-7-9-22(16-21)32-3/h7-9,11,15-16,19-20,23-24H,4-6,10,12-14,17-18H2,1-3H3,(H,27,28). The summed E-state index contributed by atoms with van der Waals surface area (Å²) in [6.07, 6.45) is 9.59. The highest BCUT2D eigenvalue weighted by Gasteiger charge is 2.30. The monoisotopic (exact) mass is 438 g/mol. The van der Waals surface area contributed by atoms with Crippen molar-refractivity contribution in [2.45, 2.75) is 45.2 Å². The Hall–Kier alpha value is -2.54. The molecule has 32 heavy (non-hydrogen) atoms. The molecule has 3 atom stereocenters. The number of rotatable bonds is 7. The van der Waals surface area contributed by atoms with Gasteiger partial charge in [0.25, 0.3) is 0 Å². The number of benzene rings is 1. The Balaban J connectivity index is 1.54. The van der Waals surface area contributed by atoms with E-state index in [1.54, 1.807) is 7.11 Å². The number of guanidine groups is 1. The summed E-state index contributed by atoms with van der Waals surface area (Å²) >= 11 is 0. The average Bonchev–Trinajstić information content (AvgIpc) is 3.54. The van der Waals surface area contributed by atoms with Gasteiger partial charge in [-0.1, -0.05) is 19.1 Å². The van der Waals surface area contributed by atoms with Crippen molar-refractivity contribution in [3.63, 3.8) is 0 Å². The van der Waals surface area contributed by atoms with E-state index in [2.05, 4.69) is 62.9 Å². The summed E-state index contributed by atoms with van der Waals surface area (Å²) in [6.45, 7) is 10.4. The Morgan fingerprint density at radius 3 is 2.84 bits per heavy atom. The van der Waals surface area contributed by atoms with Crippen molar-refractivity contribution >= 4 is 5.96 Å². The van der Waals surface area contributed by atoms with Crippen molar-refractivity contribution in [3.8, 4) is 5.75 Å². The molecule has 2 aromatic rings. The van der Waals surface area contributed by atoms with E-state index in [1.807, 2.05) is 18.6 Å². The fraction of sp³-hybridized carbons (Fsp3) is 0.600. The third-order valence-electron chi connectivity index (χ3n) is 6.93. The van der Waals surface area contributed by atoms with Crippen LogP contribution >= 0.6 is 0 Å². The molecule has 1 aromatic carbocycles. The SMILES string of the molecule is CCNC(=NCC(c1cccc(OC)c1)N1CCCC1)N1CCC(C)C(n2ccnc2)C1. The summed E-state index contributed by atoms with van der Waals surface area (Å²) in [6, 6.07) is 9.18. The molecule has 0 amide bonds. The molecule has 0 saturated carbocycles. The molecule has 3 unspecified atom stereocenters. The minimum atomic E-state index is 0.273. The number of imidazole rings is 1. The first-order valence-corrected chi connectivity index (χ1v) is 12.1. The molecule has 4 rings (SSSR count). The molecule has 0 bridgehead atoms. The third kappa shape index (κ3) is 5.26. The number of aromatic nitrogens is 2. The second kappa shape index (κ2) is 10.9. The van der Waals surface area contributed by atoms with E-state index >= 15 is 0 Å². The lowest BCUT2D eigenvalue weighted by Crippen LogP contribution is -2.49. The molecule has 2 saturated heterocycles. The molecule has 174 valence electrons. The van der Waals surface area contributed by atoms with Crippen molar-refractivity contribution < 1.29 is 4.74 Å². The molecule has 3 heterocycles. The maximum atomic E-state index is 5.50. The number of aliphatic imine (C=N–C) groups is 1. The number of hydrogen-bond donors (Lipinski definition) is 1. The van der Waals surface area contributed by atoms with Gasteiger partial charge in [-0.05, 0) is 62.9 Å². The maximum absolute atomic E-state index is 5.50. The summed E-state index contributed by atoms with van der Waals surface area (Å²) in [5.41, 5.74) is 1.29. The normalized spacial score (nSPS) is 23.3. The maximum Gasteiger partial charge on any atom is 0.194 e. The van der Waals surface area contributed by atoms with Crippen LogP contribution in [0.15, 0.2) is 48.0 Å². The van der Waals surface area contributed by atoms with Gasteiger partial charge in [0.2, 0.25) is 0 Å². The van der Waals surface area contributed by atoms with Crippen molar-refractivity contribution in [2.75, 3.05) is 46.4 Å². The Kier molecular flexibility index (Phi) is 7.68. The van der Waals surface area contributed by atoms with Gasteiger partial charge in [0.05, 0.1) is 32.1 Å². The van der Waals surface area contributed by atoms with E-state index in [0.29, 0.717) is 12.0 Å². The highest BCUT2D eigenvalue weighted by molar-refractivity contribution is 5.80. The number of nitrogens with zero attached hydrogens (tertiary/aromatic N) is 5. The van der Waals surface area contributed by atoms with Crippen LogP contribution in [0.4, 0.5) is 0 Å². The summed E-state index contributed by atoms with van der Waals surface area (Å²) in [5.74, 6) is 2.56. The van der Waals surface area contributed by atoms with Crippen LogP contribution < -0.4 is 10.1 Å². The van der Waals surface area contributed by atoms with Crippen LogP contribution in [0.5, 0.6) is 5.75 Å². The number of methoxy groups -OCH3 is 1. The fourth-order valence-corrected chi connectivity index (χ4v) is 5.03. The minimum Gasteiger partial charge on any atom is -0.497 e. The molecule has 2 aliphatic rings. The van der Waals surface area contributed by atoms with Crippen LogP contribution in [-0.4, -0.2) is 71.7 Å². The molecular formula is C25H38N6O. The molecule has 2 fully saturated rings. The van der Waals surface area contributed by atoms with E-state index < -0.39 is 0 Å². The summed E-state index contributed by atoms with van der Waals surface area (Å²) in [7, 11) is 1.74. The van der Waals surface area contributed by atoms with E-state index in [1.165, 1.54) is 18.4 Å². The second-order valence-corrected chi connectivity index (χ2v) is 9.02. The molecule has 0 radical (unpaired) electrons. The fourth-order valence-electron chi connectivity index (χ4n) is 5.03. The average molecular weight is 439 g/mol. The van der Waals surface area contributed by atoms with Crippen molar-refractivity contribution in [1.82, 2.24) is 24.7 Å². The van der Waals surface area contributed by atoms with Crippen LogP contribution in [0, 0.1) is 5.92 Å². The molecule has 7 heteroatoms. The van der Waals surface area contributed by atoms with E-state index in [9.17, 15) is 0 Å². The van der Waals surface area contributed by atoms with Gasteiger partial charge in [-0.25, -0.2) is 4.98 Å². The molecule has 7 nitrogen and oxygen atoms in total. The number of piperidine rings is 1. The van der Waals surface area contributed by atoms with E-state index in [0.717, 1.165) is 57.4 Å². The molecule has 0 aliphatic carbocycles. The van der Waals surface area contributed by atoms with Crippen molar-refractivity contribution in [2.24, 2.45) is 10.9 Å². The van der Waals surface area contributed by atoms with Crippen LogP contribution in [0.3, 0.4) is 0 Å². The molecule has 1 aromatic heterocycles. The van der Waals surface area contributed by atoms with Crippen molar-refractivity contribution in [1.29, 1.82) is 0 Å². The molecule has 1 N–H and O–H groups in total. The lowest BCUT2D eigenvalue weighted by Gasteiger charge is -2.39. The highest BCUT2D eigenvalue weighted by atomic mass is 16.5. The number of likely N-dealkylation sites (tertiary alicyclic amines) is 2. The van der Waals surface area contributed by atoms with E-state index in [4.69, 9.17) is 9.73 Å². The first kappa shape index (κ1) is 22.6. The minimum absolute atomic E-state index is 0.273. The van der Waals surface area contributed by atoms with Gasteiger partial charge >= 0.3 is 0 Å². The number of nitrogens with one attached hydrogen (secondary N) is 1. The van der Waals surface area contributed by atoms with Gasteiger partial charge in [-0.3, -0.25) is 9.89 Å². The molecule has 2 aliphatic heterocycles. The van der Waals surface area contributed by atoms with Gasteiger partial charge in [-0.2, -0.15) is 0 Å². The third-order valence-corrected chi connectivity index (χ3v) is 6.93. The topological polar surface area (TPSA) is 57.9 Å². The van der Waals surface area contributed by atoms with Crippen LogP contribution in [0.1, 0.15) is 50.8 Å². The van der Waals surface area contributed by atoms with Gasteiger partial charge in [0.1, 0.15) is 5.75 Å². The molecular weight excluding hydrogens is 400 g/mol. The molecule has 0 spiro atoms. The summed E-state index contributed by atoms with van der Waals surface area (Å²) in [5, 5.41) is 3.56. The quantitative estimate of drug-likeness (QED) is 0.529. The van der Waals surface area contributed by atoms with Gasteiger partial charge in [0.15, 0.2) is 5.96 Å². The van der Waals surface area contributed by atoms with Gasteiger partial charge in [0, 0.05) is 32.0 Å². The van der Waals surface area contributed by atoms with Crippen LogP contribution in [-0.2, 0) is 0 Å². The van der Waals surface area contributed by atoms with Crippen molar-refractivity contribution in [3.05, 3.63) is 48.5 Å². The van der Waals surface area contributed by atoms with E-state index in [-0.39, 0.29) is 6.04 Å². The summed E-state index contributed by atoms with van der Waals surface area (Å²) in [4.78, 5) is 14.5. The first-order valence-electron chi connectivity index (χ1n) is 12.1. The Morgan fingerprint density at radius 1 is 1.28 bits per heavy atom. The zero-order valence-electron chi connectivity index (χ0n) is 19.8. The smallest absolute Gasteiger partial charge is 0.194 e. The van der Waals surface area contributed by atoms with Crippen LogP contribution in [0.25, 0.3) is 0 Å². The zero-order valence-corrected chi connectivity index (χ0v) is 19.8. The first-order chi connectivity index (χ1) is 15.7. The number of hydrogen-bond acceptors (Lipinski definition) is 4. The van der Waals surface area contributed by atoms with Gasteiger partial charge < -0.3 is 19.5 Å². The zero-order chi connectivity index (χ0) is 22.3. The lowest BCUT2D eigenvalue weighted by molar-refractivity contribution is 0.188. The van der Waals surface area contributed by atoms with Gasteiger partial charge in [-0.15, -0.1) is 0 Å². The Morgan fingerprint density at radius 2 is 2.12 bits per heavy atom. The predicted molar refractivity (Wildman–Crippen MR) is 129 cm³/mol. The lowest BCUT2D eigenvalue weighted by atomic mass is 9.93. The Bertz CT molecular complexity index is 861. The Labute approximate surface area is 192 Å². The van der Waals surface area contributed by atoms with Crippen LogP contribution in [0.2, 0.25) is 0 Å². The largest absolute Gasteiger partial charge is 0.497 e. The summed E-state index contributed by atoms with van der Waals surface area (Å²) < 4.78 is 7.76. The number of ether oxygens (including phenoxy) is 1. The predicted octanol–water partition coefficient (Wildman–Crippen LogP) is 3.58. The second-order valence-electron chi connectivity index (χ2n) is 9.02. The highest BCUT2D eigenvalue weighted by Crippen LogP contribution is 2.29.